The molecule has 0 aliphatic carbocycles. The van der Waals surface area contributed by atoms with Gasteiger partial charge in [-0.05, 0) is 12.1 Å². The molecule has 132 valence electrons. The first-order valence-corrected chi connectivity index (χ1v) is 7.45. The van der Waals surface area contributed by atoms with Gasteiger partial charge >= 0.3 is 6.36 Å². The minimum absolute atomic E-state index is 0.156. The molecule has 0 aliphatic heterocycles. The average molecular weight is 359 g/mol. The average Bonchev–Trinajstić information content (AvgIpc) is 2.61. The fourth-order valence-corrected chi connectivity index (χ4v) is 2.16. The number of hydrogen-bond acceptors (Lipinski definition) is 4. The van der Waals surface area contributed by atoms with Crippen LogP contribution in [0.4, 0.5) is 18.9 Å². The van der Waals surface area contributed by atoms with Crippen molar-refractivity contribution in [2.24, 2.45) is 0 Å². The lowest BCUT2D eigenvalue weighted by Gasteiger charge is -2.10. The van der Waals surface area contributed by atoms with E-state index in [0.29, 0.717) is 5.82 Å². The Labute approximate surface area is 146 Å². The van der Waals surface area contributed by atoms with Gasteiger partial charge in [0.2, 0.25) is 0 Å². The molecule has 3 rings (SSSR count). The van der Waals surface area contributed by atoms with Crippen molar-refractivity contribution >= 4 is 11.6 Å². The molecule has 1 amide bonds. The van der Waals surface area contributed by atoms with Crippen molar-refractivity contribution in [3.05, 3.63) is 72.6 Å². The van der Waals surface area contributed by atoms with Gasteiger partial charge in [0.25, 0.3) is 5.91 Å². The Morgan fingerprint density at radius 2 is 1.65 bits per heavy atom. The molecule has 0 bridgehead atoms. The van der Waals surface area contributed by atoms with E-state index in [0.717, 1.165) is 17.7 Å². The zero-order valence-corrected chi connectivity index (χ0v) is 13.2. The molecule has 8 heteroatoms. The van der Waals surface area contributed by atoms with E-state index >= 15 is 0 Å². The number of carbonyl (C=O) groups is 1. The molecule has 0 saturated carbocycles. The molecule has 1 aromatic heterocycles. The highest BCUT2D eigenvalue weighted by Gasteiger charge is 2.31. The number of hydrogen-bond donors (Lipinski definition) is 1. The van der Waals surface area contributed by atoms with Gasteiger partial charge in [-0.15, -0.1) is 13.2 Å². The van der Waals surface area contributed by atoms with E-state index in [1.807, 2.05) is 30.3 Å². The Morgan fingerprint density at radius 3 is 2.31 bits per heavy atom. The second-order valence-electron chi connectivity index (χ2n) is 5.19. The van der Waals surface area contributed by atoms with Crippen molar-refractivity contribution in [1.29, 1.82) is 0 Å². The van der Waals surface area contributed by atoms with Crippen LogP contribution in [0.3, 0.4) is 0 Å². The van der Waals surface area contributed by atoms with Crippen LogP contribution in [0.25, 0.3) is 11.4 Å². The number of carbonyl (C=O) groups excluding carboxylic acids is 1. The van der Waals surface area contributed by atoms with E-state index in [2.05, 4.69) is 20.0 Å². The summed E-state index contributed by atoms with van der Waals surface area (Å²) in [5, 5.41) is 2.48. The molecule has 0 fully saturated rings. The molecule has 5 nitrogen and oxygen atoms in total. The number of anilines is 1. The number of nitrogens with zero attached hydrogens (tertiary/aromatic N) is 2. The maximum atomic E-state index is 12.3. The van der Waals surface area contributed by atoms with Crippen LogP contribution < -0.4 is 10.1 Å². The van der Waals surface area contributed by atoms with E-state index in [9.17, 15) is 18.0 Å². The first kappa shape index (κ1) is 17.4. The molecule has 1 heterocycles. The fourth-order valence-electron chi connectivity index (χ4n) is 2.16. The van der Waals surface area contributed by atoms with Crippen LogP contribution in [0, 0.1) is 0 Å². The molecule has 0 saturated heterocycles. The van der Waals surface area contributed by atoms with E-state index in [1.165, 1.54) is 24.5 Å². The highest BCUT2D eigenvalue weighted by molar-refractivity contribution is 6.04. The van der Waals surface area contributed by atoms with Gasteiger partial charge < -0.3 is 10.1 Å². The molecule has 0 radical (unpaired) electrons. The Hall–Kier alpha value is -3.42. The number of benzene rings is 2. The summed E-state index contributed by atoms with van der Waals surface area (Å²) in [6.45, 7) is 0. The second-order valence-corrected chi connectivity index (χ2v) is 5.19. The fraction of sp³-hybridized carbons (Fsp3) is 0.0556. The lowest BCUT2D eigenvalue weighted by atomic mass is 10.2. The highest BCUT2D eigenvalue weighted by Crippen LogP contribution is 2.25. The minimum Gasteiger partial charge on any atom is -0.406 e. The molecule has 1 N–H and O–H groups in total. The number of alkyl halides is 3. The van der Waals surface area contributed by atoms with E-state index in [1.54, 1.807) is 0 Å². The lowest BCUT2D eigenvalue weighted by Crippen LogP contribution is -2.17. The molecule has 0 spiro atoms. The molecular weight excluding hydrogens is 347 g/mol. The van der Waals surface area contributed by atoms with Gasteiger partial charge in [-0.1, -0.05) is 36.4 Å². The van der Waals surface area contributed by atoms with Crippen LogP contribution in [0.15, 0.2) is 67.0 Å². The SMILES string of the molecule is O=C(Nc1cccc(OC(F)(F)F)c1)c1cnc(-c2ccccc2)nc1. The summed E-state index contributed by atoms with van der Waals surface area (Å²) in [6.07, 6.45) is -2.11. The second kappa shape index (κ2) is 7.22. The number of aromatic nitrogens is 2. The number of ether oxygens (including phenoxy) is 1. The third kappa shape index (κ3) is 4.56. The smallest absolute Gasteiger partial charge is 0.406 e. The van der Waals surface area contributed by atoms with Crippen LogP contribution in [-0.2, 0) is 0 Å². The number of halogens is 3. The molecule has 26 heavy (non-hydrogen) atoms. The van der Waals surface area contributed by atoms with Gasteiger partial charge in [-0.3, -0.25) is 4.79 Å². The van der Waals surface area contributed by atoms with Crippen molar-refractivity contribution in [3.8, 4) is 17.1 Å². The predicted molar refractivity (Wildman–Crippen MR) is 88.5 cm³/mol. The number of amides is 1. The summed E-state index contributed by atoms with van der Waals surface area (Å²) >= 11 is 0. The maximum Gasteiger partial charge on any atom is 0.573 e. The van der Waals surface area contributed by atoms with E-state index in [4.69, 9.17) is 0 Å². The molecule has 3 aromatic rings. The summed E-state index contributed by atoms with van der Waals surface area (Å²) in [7, 11) is 0. The molecule has 0 aliphatic rings. The highest BCUT2D eigenvalue weighted by atomic mass is 19.4. The molecular formula is C18H12F3N3O2. The topological polar surface area (TPSA) is 64.1 Å². The van der Waals surface area contributed by atoms with Gasteiger partial charge in [0.15, 0.2) is 5.82 Å². The first-order chi connectivity index (χ1) is 12.4. The zero-order valence-electron chi connectivity index (χ0n) is 13.2. The molecule has 0 atom stereocenters. The minimum atomic E-state index is -4.80. The van der Waals surface area contributed by atoms with Gasteiger partial charge in [0.05, 0.1) is 5.56 Å². The van der Waals surface area contributed by atoms with Crippen molar-refractivity contribution < 1.29 is 22.7 Å². The quantitative estimate of drug-likeness (QED) is 0.755. The molecule has 0 unspecified atom stereocenters. The van der Waals surface area contributed by atoms with Crippen molar-refractivity contribution in [3.63, 3.8) is 0 Å². The van der Waals surface area contributed by atoms with Crippen LogP contribution in [0.1, 0.15) is 10.4 Å². The van der Waals surface area contributed by atoms with Gasteiger partial charge in [0.1, 0.15) is 5.75 Å². The Bertz CT molecular complexity index is 898. The normalized spacial score (nSPS) is 11.0. The summed E-state index contributed by atoms with van der Waals surface area (Å²) in [4.78, 5) is 20.5. The number of nitrogens with one attached hydrogen (secondary N) is 1. The predicted octanol–water partition coefficient (Wildman–Crippen LogP) is 4.29. The largest absolute Gasteiger partial charge is 0.573 e. The number of rotatable bonds is 4. The first-order valence-electron chi connectivity index (χ1n) is 7.45. The molecule has 2 aromatic carbocycles. The third-order valence-electron chi connectivity index (χ3n) is 3.27. The van der Waals surface area contributed by atoms with Crippen molar-refractivity contribution in [1.82, 2.24) is 9.97 Å². The van der Waals surface area contributed by atoms with Gasteiger partial charge in [0, 0.05) is 29.7 Å². The summed E-state index contributed by atoms with van der Waals surface area (Å²) < 4.78 is 40.6. The van der Waals surface area contributed by atoms with Gasteiger partial charge in [-0.2, -0.15) is 0 Å². The third-order valence-corrected chi connectivity index (χ3v) is 3.27. The summed E-state index contributed by atoms with van der Waals surface area (Å²) in [5.41, 5.74) is 1.13. The zero-order chi connectivity index (χ0) is 18.6. The van der Waals surface area contributed by atoms with Crippen LogP contribution in [0.2, 0.25) is 0 Å². The Kier molecular flexibility index (Phi) is 4.83. The van der Waals surface area contributed by atoms with Crippen LogP contribution >= 0.6 is 0 Å². The van der Waals surface area contributed by atoms with Crippen LogP contribution in [-0.4, -0.2) is 22.2 Å². The Morgan fingerprint density at radius 1 is 0.962 bits per heavy atom. The lowest BCUT2D eigenvalue weighted by molar-refractivity contribution is -0.274. The van der Waals surface area contributed by atoms with Crippen molar-refractivity contribution in [2.75, 3.05) is 5.32 Å². The van der Waals surface area contributed by atoms with E-state index < -0.39 is 18.0 Å². The standard InChI is InChI=1S/C18H12F3N3O2/c19-18(20,21)26-15-8-4-7-14(9-15)24-17(25)13-10-22-16(23-11-13)12-5-2-1-3-6-12/h1-11H,(H,24,25). The summed E-state index contributed by atoms with van der Waals surface area (Å²) in [6, 6.07) is 14.2. The van der Waals surface area contributed by atoms with Crippen LogP contribution in [0.5, 0.6) is 5.75 Å². The van der Waals surface area contributed by atoms with E-state index in [-0.39, 0.29) is 11.3 Å². The monoisotopic (exact) mass is 359 g/mol. The Balaban J connectivity index is 1.71. The van der Waals surface area contributed by atoms with Gasteiger partial charge in [-0.25, -0.2) is 9.97 Å². The van der Waals surface area contributed by atoms with Crippen molar-refractivity contribution in [2.45, 2.75) is 6.36 Å². The summed E-state index contributed by atoms with van der Waals surface area (Å²) in [5.74, 6) is -0.512. The maximum absolute atomic E-state index is 12.3.